The third-order valence-corrected chi connectivity index (χ3v) is 3.14. The van der Waals surface area contributed by atoms with Crippen molar-refractivity contribution in [2.45, 2.75) is 20.0 Å². The molecule has 4 heteroatoms. The minimum atomic E-state index is -0.974. The van der Waals surface area contributed by atoms with Crippen molar-refractivity contribution in [3.63, 3.8) is 0 Å². The van der Waals surface area contributed by atoms with Crippen LogP contribution >= 0.6 is 0 Å². The molecule has 1 N–H and O–H groups in total. The van der Waals surface area contributed by atoms with Gasteiger partial charge in [-0.15, -0.1) is 0 Å². The van der Waals surface area contributed by atoms with E-state index in [1.165, 1.54) is 0 Å². The largest absolute Gasteiger partial charge is 0.489 e. The molecule has 0 unspecified atom stereocenters. The fourth-order valence-electron chi connectivity index (χ4n) is 1.96. The van der Waals surface area contributed by atoms with Gasteiger partial charge in [0.1, 0.15) is 12.4 Å². The molecule has 0 saturated heterocycles. The molecule has 0 spiro atoms. The Balaban J connectivity index is 2.07. The highest BCUT2D eigenvalue weighted by Crippen LogP contribution is 2.17. The number of rotatable bonds is 6. The van der Waals surface area contributed by atoms with Crippen LogP contribution in [0.1, 0.15) is 39.6 Å². The van der Waals surface area contributed by atoms with Crippen molar-refractivity contribution in [2.24, 2.45) is 0 Å². The second-order valence-corrected chi connectivity index (χ2v) is 4.55. The average Bonchev–Trinajstić information content (AvgIpc) is 2.52. The van der Waals surface area contributed by atoms with Gasteiger partial charge >= 0.3 is 5.97 Å². The van der Waals surface area contributed by atoms with E-state index >= 15 is 0 Å². The van der Waals surface area contributed by atoms with Crippen molar-refractivity contribution < 1.29 is 19.4 Å². The number of carbonyl (C=O) groups is 2. The van der Waals surface area contributed by atoms with Crippen molar-refractivity contribution in [2.75, 3.05) is 0 Å². The van der Waals surface area contributed by atoms with Crippen molar-refractivity contribution in [3.8, 4) is 5.75 Å². The predicted octanol–water partition coefficient (Wildman–Crippen LogP) is 3.56. The topological polar surface area (TPSA) is 63.6 Å². The van der Waals surface area contributed by atoms with E-state index in [9.17, 15) is 9.59 Å². The number of ketones is 1. The Morgan fingerprint density at radius 3 is 2.33 bits per heavy atom. The van der Waals surface area contributed by atoms with E-state index in [1.54, 1.807) is 48.5 Å². The number of hydrogen-bond acceptors (Lipinski definition) is 3. The first-order valence-electron chi connectivity index (χ1n) is 6.69. The minimum Gasteiger partial charge on any atom is -0.489 e. The summed E-state index contributed by atoms with van der Waals surface area (Å²) in [6.07, 6.45) is 0.464. The van der Waals surface area contributed by atoms with E-state index in [0.717, 1.165) is 0 Å². The summed E-state index contributed by atoms with van der Waals surface area (Å²) < 4.78 is 5.58. The van der Waals surface area contributed by atoms with Gasteiger partial charge in [-0.2, -0.15) is 0 Å². The molecule has 2 aromatic rings. The minimum absolute atomic E-state index is 0.0813. The molecule has 0 amide bonds. The maximum Gasteiger partial charge on any atom is 0.336 e. The highest BCUT2D eigenvalue weighted by atomic mass is 16.5. The SMILES string of the molecule is CCC(=O)c1ccc(OCc2ccccc2C(=O)O)cc1. The van der Waals surface area contributed by atoms with Gasteiger partial charge in [-0.25, -0.2) is 4.79 Å². The molecule has 0 saturated carbocycles. The Morgan fingerprint density at radius 1 is 1.05 bits per heavy atom. The van der Waals surface area contributed by atoms with Gasteiger partial charge < -0.3 is 9.84 Å². The second-order valence-electron chi connectivity index (χ2n) is 4.55. The molecule has 0 aliphatic heterocycles. The number of carbonyl (C=O) groups excluding carboxylic acids is 1. The molecular formula is C17H16O4. The van der Waals surface area contributed by atoms with Crippen molar-refractivity contribution >= 4 is 11.8 Å². The number of carboxylic acids is 1. The lowest BCUT2D eigenvalue weighted by atomic mass is 10.1. The van der Waals surface area contributed by atoms with Crippen molar-refractivity contribution in [1.82, 2.24) is 0 Å². The molecule has 21 heavy (non-hydrogen) atoms. The summed E-state index contributed by atoms with van der Waals surface area (Å²) in [6, 6.07) is 13.6. The van der Waals surface area contributed by atoms with Gasteiger partial charge in [0.05, 0.1) is 5.56 Å². The quantitative estimate of drug-likeness (QED) is 0.824. The van der Waals surface area contributed by atoms with Crippen LogP contribution in [0.15, 0.2) is 48.5 Å². The lowest BCUT2D eigenvalue weighted by Gasteiger charge is -2.09. The Hall–Kier alpha value is -2.62. The van der Waals surface area contributed by atoms with Crippen molar-refractivity contribution in [3.05, 3.63) is 65.2 Å². The third-order valence-electron chi connectivity index (χ3n) is 3.14. The van der Waals surface area contributed by atoms with Gasteiger partial charge in [0.2, 0.25) is 0 Å². The maximum absolute atomic E-state index is 11.5. The average molecular weight is 284 g/mol. The van der Waals surface area contributed by atoms with E-state index in [2.05, 4.69) is 0 Å². The third kappa shape index (κ3) is 3.69. The van der Waals surface area contributed by atoms with Gasteiger partial charge in [0.25, 0.3) is 0 Å². The molecule has 0 atom stereocenters. The fraction of sp³-hybridized carbons (Fsp3) is 0.176. The highest BCUT2D eigenvalue weighted by molar-refractivity contribution is 5.95. The number of hydrogen-bond donors (Lipinski definition) is 1. The van der Waals surface area contributed by atoms with E-state index in [1.807, 2.05) is 6.92 Å². The monoisotopic (exact) mass is 284 g/mol. The Kier molecular flexibility index (Phi) is 4.72. The fourth-order valence-corrected chi connectivity index (χ4v) is 1.96. The van der Waals surface area contributed by atoms with Crippen LogP contribution in [0.3, 0.4) is 0 Å². The summed E-state index contributed by atoms with van der Waals surface area (Å²) in [6.45, 7) is 1.99. The molecule has 0 bridgehead atoms. The molecular weight excluding hydrogens is 268 g/mol. The zero-order chi connectivity index (χ0) is 15.2. The molecule has 2 rings (SSSR count). The van der Waals surface area contributed by atoms with E-state index in [-0.39, 0.29) is 18.0 Å². The van der Waals surface area contributed by atoms with E-state index in [0.29, 0.717) is 23.3 Å². The number of Topliss-reactive ketones (excluding diaryl/α,β-unsaturated/α-hetero) is 1. The molecule has 2 aromatic carbocycles. The molecule has 0 heterocycles. The first-order chi connectivity index (χ1) is 10.1. The van der Waals surface area contributed by atoms with E-state index in [4.69, 9.17) is 9.84 Å². The van der Waals surface area contributed by atoms with Gasteiger partial charge in [-0.05, 0) is 30.3 Å². The number of benzene rings is 2. The van der Waals surface area contributed by atoms with Crippen LogP contribution < -0.4 is 4.74 Å². The van der Waals surface area contributed by atoms with Crippen LogP contribution in [-0.4, -0.2) is 16.9 Å². The highest BCUT2D eigenvalue weighted by Gasteiger charge is 2.09. The Bertz CT molecular complexity index is 644. The zero-order valence-electron chi connectivity index (χ0n) is 11.7. The zero-order valence-corrected chi connectivity index (χ0v) is 11.7. The van der Waals surface area contributed by atoms with Crippen LogP contribution in [0, 0.1) is 0 Å². The van der Waals surface area contributed by atoms with E-state index < -0.39 is 5.97 Å². The lowest BCUT2D eigenvalue weighted by Crippen LogP contribution is -2.05. The van der Waals surface area contributed by atoms with Crippen molar-refractivity contribution in [1.29, 1.82) is 0 Å². The normalized spacial score (nSPS) is 10.1. The Labute approximate surface area is 123 Å². The second kappa shape index (κ2) is 6.70. The summed E-state index contributed by atoms with van der Waals surface area (Å²) in [7, 11) is 0. The number of carboxylic acid groups (broad SMARTS) is 1. The van der Waals surface area contributed by atoms with Crippen LogP contribution in [-0.2, 0) is 6.61 Å². The molecule has 108 valence electrons. The van der Waals surface area contributed by atoms with Gasteiger partial charge in [-0.1, -0.05) is 25.1 Å². The Morgan fingerprint density at radius 2 is 1.71 bits per heavy atom. The van der Waals surface area contributed by atoms with Gasteiger partial charge in [0, 0.05) is 17.5 Å². The first kappa shape index (κ1) is 14.8. The predicted molar refractivity (Wildman–Crippen MR) is 78.8 cm³/mol. The summed E-state index contributed by atoms with van der Waals surface area (Å²) in [4.78, 5) is 22.6. The number of ether oxygens (including phenoxy) is 1. The number of aromatic carboxylic acids is 1. The van der Waals surface area contributed by atoms with Crippen LogP contribution in [0.5, 0.6) is 5.75 Å². The lowest BCUT2D eigenvalue weighted by molar-refractivity contribution is 0.0693. The first-order valence-corrected chi connectivity index (χ1v) is 6.69. The summed E-state index contributed by atoms with van der Waals surface area (Å²) in [5, 5.41) is 9.09. The maximum atomic E-state index is 11.5. The van der Waals surface area contributed by atoms with Gasteiger partial charge in [0.15, 0.2) is 5.78 Å². The van der Waals surface area contributed by atoms with Gasteiger partial charge in [-0.3, -0.25) is 4.79 Å². The van der Waals surface area contributed by atoms with Crippen LogP contribution in [0.2, 0.25) is 0 Å². The summed E-state index contributed by atoms with van der Waals surface area (Å²) in [5.41, 5.74) is 1.49. The summed E-state index contributed by atoms with van der Waals surface area (Å²) in [5.74, 6) is -0.293. The molecule has 4 nitrogen and oxygen atoms in total. The summed E-state index contributed by atoms with van der Waals surface area (Å²) >= 11 is 0. The smallest absolute Gasteiger partial charge is 0.336 e. The molecule has 0 aliphatic rings. The molecule has 0 radical (unpaired) electrons. The van der Waals surface area contributed by atoms with Crippen LogP contribution in [0.25, 0.3) is 0 Å². The molecule has 0 fully saturated rings. The standard InChI is InChI=1S/C17H16O4/c1-2-16(18)12-7-9-14(10-8-12)21-11-13-5-3-4-6-15(13)17(19)20/h3-10H,2,11H2,1H3,(H,19,20). The molecule has 0 aliphatic carbocycles. The van der Waals surface area contributed by atoms with Crippen LogP contribution in [0.4, 0.5) is 0 Å². The molecule has 0 aromatic heterocycles.